The van der Waals surface area contributed by atoms with Crippen LogP contribution in [0.2, 0.25) is 5.02 Å². The molecule has 1 N–H and O–H groups in total. The van der Waals surface area contributed by atoms with Crippen molar-refractivity contribution in [1.82, 2.24) is 14.8 Å². The summed E-state index contributed by atoms with van der Waals surface area (Å²) in [5.74, 6) is -0.817. The van der Waals surface area contributed by atoms with Crippen molar-refractivity contribution < 1.29 is 9.18 Å². The Morgan fingerprint density at radius 2 is 2.33 bits per heavy atom. The highest BCUT2D eigenvalue weighted by Gasteiger charge is 2.15. The van der Waals surface area contributed by atoms with E-state index in [1.165, 1.54) is 35.5 Å². The van der Waals surface area contributed by atoms with Gasteiger partial charge in [0.25, 0.3) is 0 Å². The maximum atomic E-state index is 13.0. The van der Waals surface area contributed by atoms with E-state index >= 15 is 0 Å². The lowest BCUT2D eigenvalue weighted by atomic mass is 10.2. The number of nitrogens with zero attached hydrogens (tertiary/aromatic N) is 3. The van der Waals surface area contributed by atoms with Crippen LogP contribution in [0.1, 0.15) is 13.0 Å². The number of carbonyl (C=O) groups is 1. The summed E-state index contributed by atoms with van der Waals surface area (Å²) in [6, 6.07) is 3.46. The van der Waals surface area contributed by atoms with Gasteiger partial charge in [-0.25, -0.2) is 14.1 Å². The monoisotopic (exact) mass is 268 g/mol. The molecule has 2 rings (SSSR count). The van der Waals surface area contributed by atoms with Gasteiger partial charge in [0.15, 0.2) is 0 Å². The quantitative estimate of drug-likeness (QED) is 0.929. The first kappa shape index (κ1) is 12.5. The molecule has 0 aliphatic heterocycles. The van der Waals surface area contributed by atoms with Crippen molar-refractivity contribution in [1.29, 1.82) is 0 Å². The van der Waals surface area contributed by atoms with Gasteiger partial charge >= 0.3 is 0 Å². The molecule has 18 heavy (non-hydrogen) atoms. The molecule has 0 bridgehead atoms. The minimum absolute atomic E-state index is 0.0405. The first-order valence-electron chi connectivity index (χ1n) is 5.18. The average molecular weight is 269 g/mol. The third kappa shape index (κ3) is 2.65. The molecule has 1 heterocycles. The van der Waals surface area contributed by atoms with Crippen LogP contribution < -0.4 is 5.32 Å². The van der Waals surface area contributed by atoms with Crippen LogP contribution >= 0.6 is 11.6 Å². The predicted molar refractivity (Wildman–Crippen MR) is 64.8 cm³/mol. The van der Waals surface area contributed by atoms with E-state index in [1.54, 1.807) is 6.92 Å². The first-order chi connectivity index (χ1) is 8.58. The van der Waals surface area contributed by atoms with Gasteiger partial charge in [0.05, 0.1) is 5.02 Å². The Hall–Kier alpha value is -1.95. The van der Waals surface area contributed by atoms with Gasteiger partial charge in [-0.1, -0.05) is 11.6 Å². The topological polar surface area (TPSA) is 59.8 Å². The average Bonchev–Trinajstić information content (AvgIpc) is 2.86. The molecule has 0 unspecified atom stereocenters. The molecule has 0 saturated heterocycles. The van der Waals surface area contributed by atoms with Crippen LogP contribution in [0.15, 0.2) is 30.9 Å². The van der Waals surface area contributed by atoms with E-state index in [9.17, 15) is 9.18 Å². The Bertz CT molecular complexity index is 558. The Morgan fingerprint density at radius 1 is 1.56 bits per heavy atom. The second-order valence-corrected chi connectivity index (χ2v) is 4.08. The normalized spacial score (nSPS) is 12.2. The minimum Gasteiger partial charge on any atom is -0.324 e. The summed E-state index contributed by atoms with van der Waals surface area (Å²) in [6.45, 7) is 1.68. The van der Waals surface area contributed by atoms with Crippen molar-refractivity contribution in [3.8, 4) is 0 Å². The van der Waals surface area contributed by atoms with Gasteiger partial charge in [0, 0.05) is 5.69 Å². The van der Waals surface area contributed by atoms with Crippen molar-refractivity contribution in [2.75, 3.05) is 5.32 Å². The smallest absolute Gasteiger partial charge is 0.249 e. The predicted octanol–water partition coefficient (Wildman–Crippen LogP) is 2.27. The molecule has 0 spiro atoms. The fourth-order valence-electron chi connectivity index (χ4n) is 1.36. The highest BCUT2D eigenvalue weighted by Crippen LogP contribution is 2.20. The SMILES string of the molecule is C[C@@H](C(=O)Nc1ccc(F)c(Cl)c1)n1cncn1. The Labute approximate surface area is 108 Å². The second kappa shape index (κ2) is 5.14. The van der Waals surface area contributed by atoms with Crippen LogP contribution in [0.3, 0.4) is 0 Å². The number of nitrogens with one attached hydrogen (secondary N) is 1. The zero-order chi connectivity index (χ0) is 13.1. The molecule has 2 aromatic rings. The zero-order valence-electron chi connectivity index (χ0n) is 9.47. The number of rotatable bonds is 3. The molecular formula is C11H10ClFN4O. The summed E-state index contributed by atoms with van der Waals surface area (Å²) in [5, 5.41) is 6.45. The molecule has 1 aromatic carbocycles. The number of benzene rings is 1. The van der Waals surface area contributed by atoms with E-state index in [2.05, 4.69) is 15.4 Å². The molecule has 5 nitrogen and oxygen atoms in total. The maximum absolute atomic E-state index is 13.0. The highest BCUT2D eigenvalue weighted by molar-refractivity contribution is 6.31. The number of anilines is 1. The van der Waals surface area contributed by atoms with Crippen molar-refractivity contribution in [3.05, 3.63) is 41.7 Å². The molecule has 1 aromatic heterocycles. The van der Waals surface area contributed by atoms with E-state index in [0.717, 1.165) is 0 Å². The van der Waals surface area contributed by atoms with Crippen LogP contribution in [0.25, 0.3) is 0 Å². The molecule has 0 aliphatic carbocycles. The highest BCUT2D eigenvalue weighted by atomic mass is 35.5. The van der Waals surface area contributed by atoms with E-state index in [1.807, 2.05) is 0 Å². The van der Waals surface area contributed by atoms with Gasteiger partial charge in [-0.05, 0) is 25.1 Å². The summed E-state index contributed by atoms with van der Waals surface area (Å²) in [6.07, 6.45) is 2.79. The third-order valence-electron chi connectivity index (χ3n) is 2.40. The molecule has 1 amide bonds. The van der Waals surface area contributed by atoms with Crippen molar-refractivity contribution in [3.63, 3.8) is 0 Å². The van der Waals surface area contributed by atoms with E-state index < -0.39 is 11.9 Å². The maximum Gasteiger partial charge on any atom is 0.249 e. The van der Waals surface area contributed by atoms with Crippen LogP contribution in [-0.2, 0) is 4.79 Å². The van der Waals surface area contributed by atoms with Gasteiger partial charge in [-0.2, -0.15) is 5.10 Å². The first-order valence-corrected chi connectivity index (χ1v) is 5.56. The lowest BCUT2D eigenvalue weighted by Gasteiger charge is -2.12. The van der Waals surface area contributed by atoms with Gasteiger partial charge < -0.3 is 5.32 Å². The number of hydrogen-bond acceptors (Lipinski definition) is 3. The van der Waals surface area contributed by atoms with Crippen molar-refractivity contribution in [2.45, 2.75) is 13.0 Å². The third-order valence-corrected chi connectivity index (χ3v) is 2.69. The van der Waals surface area contributed by atoms with Crippen LogP contribution in [0, 0.1) is 5.82 Å². The second-order valence-electron chi connectivity index (χ2n) is 3.67. The van der Waals surface area contributed by atoms with Crippen molar-refractivity contribution >= 4 is 23.2 Å². The Balaban J connectivity index is 2.09. The van der Waals surface area contributed by atoms with Crippen LogP contribution in [-0.4, -0.2) is 20.7 Å². The van der Waals surface area contributed by atoms with E-state index in [4.69, 9.17) is 11.6 Å². The fourth-order valence-corrected chi connectivity index (χ4v) is 1.54. The van der Waals surface area contributed by atoms with Gasteiger partial charge in [0.2, 0.25) is 5.91 Å². The Morgan fingerprint density at radius 3 is 2.94 bits per heavy atom. The lowest BCUT2D eigenvalue weighted by molar-refractivity contribution is -0.119. The summed E-state index contributed by atoms with van der Waals surface area (Å²) < 4.78 is 14.4. The number of aromatic nitrogens is 3. The molecule has 1 atom stereocenters. The van der Waals surface area contributed by atoms with E-state index in [0.29, 0.717) is 5.69 Å². The number of halogens is 2. The van der Waals surface area contributed by atoms with Crippen molar-refractivity contribution in [2.24, 2.45) is 0 Å². The van der Waals surface area contributed by atoms with Gasteiger partial charge in [-0.15, -0.1) is 0 Å². The van der Waals surface area contributed by atoms with Crippen LogP contribution in [0.5, 0.6) is 0 Å². The number of hydrogen-bond donors (Lipinski definition) is 1. The van der Waals surface area contributed by atoms with Crippen LogP contribution in [0.4, 0.5) is 10.1 Å². The number of carbonyl (C=O) groups excluding carboxylic acids is 1. The standard InChI is InChI=1S/C11H10ClFN4O/c1-7(17-6-14-5-15-17)11(18)16-8-2-3-10(13)9(12)4-8/h2-7H,1H3,(H,16,18)/t7-/m0/s1. The summed E-state index contributed by atoms with van der Waals surface area (Å²) >= 11 is 5.62. The van der Waals surface area contributed by atoms with Gasteiger partial charge in [0.1, 0.15) is 24.5 Å². The molecule has 0 saturated carbocycles. The molecular weight excluding hydrogens is 259 g/mol. The largest absolute Gasteiger partial charge is 0.324 e. The molecule has 0 aliphatic rings. The summed E-state index contributed by atoms with van der Waals surface area (Å²) in [4.78, 5) is 15.6. The summed E-state index contributed by atoms with van der Waals surface area (Å²) in [5.41, 5.74) is 0.429. The molecule has 0 fully saturated rings. The molecule has 0 radical (unpaired) electrons. The minimum atomic E-state index is -0.529. The lowest BCUT2D eigenvalue weighted by Crippen LogP contribution is -2.24. The fraction of sp³-hybridized carbons (Fsp3) is 0.182. The zero-order valence-corrected chi connectivity index (χ0v) is 10.2. The van der Waals surface area contributed by atoms with Gasteiger partial charge in [-0.3, -0.25) is 4.79 Å². The molecule has 7 heteroatoms. The Kier molecular flexibility index (Phi) is 3.57. The number of amides is 1. The summed E-state index contributed by atoms with van der Waals surface area (Å²) in [7, 11) is 0. The molecule has 94 valence electrons. The van der Waals surface area contributed by atoms with E-state index in [-0.39, 0.29) is 10.9 Å².